The third-order valence-electron chi connectivity index (χ3n) is 2.94. The van der Waals surface area contributed by atoms with Gasteiger partial charge in [-0.3, -0.25) is 4.79 Å². The second kappa shape index (κ2) is 3.95. The number of carboxylic acids is 1. The monoisotopic (exact) mass is 228 g/mol. The SMILES string of the molecule is C[C@@](C#N)(Cc1c[nH]c2ccccc12)C(=O)O. The minimum Gasteiger partial charge on any atom is -0.480 e. The van der Waals surface area contributed by atoms with Crippen molar-refractivity contribution in [2.45, 2.75) is 13.3 Å². The zero-order chi connectivity index (χ0) is 12.5. The molecule has 0 saturated carbocycles. The summed E-state index contributed by atoms with van der Waals surface area (Å²) in [6, 6.07) is 9.50. The number of H-pyrrole nitrogens is 1. The van der Waals surface area contributed by atoms with Crippen molar-refractivity contribution in [2.75, 3.05) is 0 Å². The fourth-order valence-corrected chi connectivity index (χ4v) is 1.82. The third kappa shape index (κ3) is 1.87. The molecular formula is C13H12N2O2. The van der Waals surface area contributed by atoms with Gasteiger partial charge in [-0.05, 0) is 18.6 Å². The molecule has 0 aliphatic carbocycles. The van der Waals surface area contributed by atoms with E-state index in [1.54, 1.807) is 6.20 Å². The molecule has 0 fully saturated rings. The number of nitrogens with zero attached hydrogens (tertiary/aromatic N) is 1. The number of nitrogens with one attached hydrogen (secondary N) is 1. The van der Waals surface area contributed by atoms with E-state index in [4.69, 9.17) is 10.4 Å². The molecule has 0 unspecified atom stereocenters. The summed E-state index contributed by atoms with van der Waals surface area (Å²) in [6.45, 7) is 1.44. The summed E-state index contributed by atoms with van der Waals surface area (Å²) in [5.74, 6) is -1.09. The van der Waals surface area contributed by atoms with Crippen LogP contribution in [-0.2, 0) is 11.2 Å². The van der Waals surface area contributed by atoms with Crippen molar-refractivity contribution >= 4 is 16.9 Å². The number of aliphatic carboxylic acids is 1. The first-order chi connectivity index (χ1) is 8.07. The van der Waals surface area contributed by atoms with Crippen LogP contribution in [-0.4, -0.2) is 16.1 Å². The van der Waals surface area contributed by atoms with Crippen molar-refractivity contribution in [3.8, 4) is 6.07 Å². The van der Waals surface area contributed by atoms with Gasteiger partial charge < -0.3 is 10.1 Å². The molecule has 86 valence electrons. The summed E-state index contributed by atoms with van der Waals surface area (Å²) in [5.41, 5.74) is 0.422. The van der Waals surface area contributed by atoms with Crippen LogP contribution < -0.4 is 0 Å². The highest BCUT2D eigenvalue weighted by atomic mass is 16.4. The maximum Gasteiger partial charge on any atom is 0.324 e. The second-order valence-electron chi connectivity index (χ2n) is 4.29. The Hall–Kier alpha value is -2.28. The lowest BCUT2D eigenvalue weighted by atomic mass is 9.85. The average molecular weight is 228 g/mol. The lowest BCUT2D eigenvalue weighted by Gasteiger charge is -2.14. The van der Waals surface area contributed by atoms with Crippen molar-refractivity contribution in [1.82, 2.24) is 4.98 Å². The number of rotatable bonds is 3. The molecule has 0 aliphatic rings. The van der Waals surface area contributed by atoms with Gasteiger partial charge in [0.05, 0.1) is 6.07 Å². The largest absolute Gasteiger partial charge is 0.480 e. The molecule has 17 heavy (non-hydrogen) atoms. The summed E-state index contributed by atoms with van der Waals surface area (Å²) in [5, 5.41) is 19.0. The maximum atomic E-state index is 11.1. The smallest absolute Gasteiger partial charge is 0.324 e. The van der Waals surface area contributed by atoms with Crippen LogP contribution in [0.2, 0.25) is 0 Å². The van der Waals surface area contributed by atoms with E-state index < -0.39 is 11.4 Å². The number of fused-ring (bicyclic) bond motifs is 1. The lowest BCUT2D eigenvalue weighted by Crippen LogP contribution is -2.28. The van der Waals surface area contributed by atoms with Crippen LogP contribution in [0.3, 0.4) is 0 Å². The molecule has 2 aromatic rings. The predicted octanol–water partition coefficient (Wildman–Crippen LogP) is 2.32. The molecule has 4 nitrogen and oxygen atoms in total. The van der Waals surface area contributed by atoms with E-state index in [1.165, 1.54) is 6.92 Å². The molecule has 1 atom stereocenters. The van der Waals surface area contributed by atoms with Gasteiger partial charge in [0.25, 0.3) is 0 Å². The average Bonchev–Trinajstić information content (AvgIpc) is 2.72. The predicted molar refractivity (Wildman–Crippen MR) is 63.4 cm³/mol. The number of carbonyl (C=O) groups is 1. The quantitative estimate of drug-likeness (QED) is 0.846. The third-order valence-corrected chi connectivity index (χ3v) is 2.94. The Morgan fingerprint density at radius 2 is 2.24 bits per heavy atom. The standard InChI is InChI=1S/C13H12N2O2/c1-13(8-14,12(16)17)6-9-7-15-11-5-3-2-4-10(9)11/h2-5,7,15H,6H2,1H3,(H,16,17)/t13-/m0/s1. The molecule has 2 rings (SSSR count). The number of hydrogen-bond donors (Lipinski definition) is 2. The van der Waals surface area contributed by atoms with E-state index in [-0.39, 0.29) is 6.42 Å². The van der Waals surface area contributed by atoms with Crippen LogP contribution >= 0.6 is 0 Å². The molecule has 2 N–H and O–H groups in total. The van der Waals surface area contributed by atoms with E-state index in [2.05, 4.69) is 4.98 Å². The van der Waals surface area contributed by atoms with Gasteiger partial charge in [-0.2, -0.15) is 5.26 Å². The van der Waals surface area contributed by atoms with Crippen molar-refractivity contribution < 1.29 is 9.90 Å². The van der Waals surface area contributed by atoms with Gasteiger partial charge in [-0.1, -0.05) is 18.2 Å². The molecule has 0 spiro atoms. The van der Waals surface area contributed by atoms with Crippen LogP contribution in [0.15, 0.2) is 30.5 Å². The fourth-order valence-electron chi connectivity index (χ4n) is 1.82. The highest BCUT2D eigenvalue weighted by molar-refractivity contribution is 5.85. The summed E-state index contributed by atoms with van der Waals surface area (Å²) in [7, 11) is 0. The van der Waals surface area contributed by atoms with Crippen LogP contribution in [0.25, 0.3) is 10.9 Å². The number of nitriles is 1. The molecular weight excluding hydrogens is 216 g/mol. The molecule has 0 radical (unpaired) electrons. The number of hydrogen-bond acceptors (Lipinski definition) is 2. The first-order valence-corrected chi connectivity index (χ1v) is 5.26. The molecule has 0 saturated heterocycles. The highest BCUT2D eigenvalue weighted by Gasteiger charge is 2.34. The van der Waals surface area contributed by atoms with Crippen molar-refractivity contribution in [3.63, 3.8) is 0 Å². The minimum atomic E-state index is -1.38. The van der Waals surface area contributed by atoms with Gasteiger partial charge in [0, 0.05) is 23.5 Å². The van der Waals surface area contributed by atoms with Crippen LogP contribution in [0, 0.1) is 16.7 Å². The lowest BCUT2D eigenvalue weighted by molar-refractivity contribution is -0.144. The van der Waals surface area contributed by atoms with Gasteiger partial charge in [0.1, 0.15) is 0 Å². The first-order valence-electron chi connectivity index (χ1n) is 5.26. The van der Waals surface area contributed by atoms with Crippen molar-refractivity contribution in [3.05, 3.63) is 36.0 Å². The molecule has 1 aromatic heterocycles. The zero-order valence-corrected chi connectivity index (χ0v) is 9.40. The number of benzene rings is 1. The highest BCUT2D eigenvalue weighted by Crippen LogP contribution is 2.27. The van der Waals surface area contributed by atoms with E-state index in [0.29, 0.717) is 0 Å². The summed E-state index contributed by atoms with van der Waals surface area (Å²) in [4.78, 5) is 14.2. The molecule has 0 bridgehead atoms. The molecule has 1 heterocycles. The normalized spacial score (nSPS) is 14.1. The summed E-state index contributed by atoms with van der Waals surface area (Å²) >= 11 is 0. The van der Waals surface area contributed by atoms with Gasteiger partial charge in [0.15, 0.2) is 5.41 Å². The van der Waals surface area contributed by atoms with E-state index in [9.17, 15) is 4.79 Å². The van der Waals surface area contributed by atoms with Crippen LogP contribution in [0.5, 0.6) is 0 Å². The molecule has 4 heteroatoms. The number of aromatic nitrogens is 1. The summed E-state index contributed by atoms with van der Waals surface area (Å²) < 4.78 is 0. The first kappa shape index (κ1) is 11.2. The van der Waals surface area contributed by atoms with E-state index in [0.717, 1.165) is 16.5 Å². The Morgan fingerprint density at radius 3 is 2.88 bits per heavy atom. The minimum absolute atomic E-state index is 0.197. The Labute approximate surface area is 98.5 Å². The molecule has 1 aromatic carbocycles. The van der Waals surface area contributed by atoms with E-state index in [1.807, 2.05) is 30.3 Å². The van der Waals surface area contributed by atoms with Gasteiger partial charge >= 0.3 is 5.97 Å². The maximum absolute atomic E-state index is 11.1. The fraction of sp³-hybridized carbons (Fsp3) is 0.231. The Bertz CT molecular complexity index is 609. The van der Waals surface area contributed by atoms with Crippen LogP contribution in [0.1, 0.15) is 12.5 Å². The van der Waals surface area contributed by atoms with Crippen LogP contribution in [0.4, 0.5) is 0 Å². The molecule has 0 amide bonds. The number of aromatic amines is 1. The summed E-state index contributed by atoms with van der Waals surface area (Å²) in [6.07, 6.45) is 1.96. The van der Waals surface area contributed by atoms with Crippen molar-refractivity contribution in [2.24, 2.45) is 5.41 Å². The van der Waals surface area contributed by atoms with E-state index >= 15 is 0 Å². The van der Waals surface area contributed by atoms with Gasteiger partial charge in [0.2, 0.25) is 0 Å². The van der Waals surface area contributed by atoms with Gasteiger partial charge in [-0.25, -0.2) is 0 Å². The number of carboxylic acid groups (broad SMARTS) is 1. The number of para-hydroxylation sites is 1. The topological polar surface area (TPSA) is 76.9 Å². The van der Waals surface area contributed by atoms with Crippen molar-refractivity contribution in [1.29, 1.82) is 5.26 Å². The van der Waals surface area contributed by atoms with Gasteiger partial charge in [-0.15, -0.1) is 0 Å². The Balaban J connectivity index is 2.43. The Morgan fingerprint density at radius 1 is 1.53 bits per heavy atom. The zero-order valence-electron chi connectivity index (χ0n) is 9.40. The molecule has 0 aliphatic heterocycles. The second-order valence-corrected chi connectivity index (χ2v) is 4.29. The Kier molecular flexibility index (Phi) is 2.60.